The van der Waals surface area contributed by atoms with Crippen LogP contribution in [-0.4, -0.2) is 25.5 Å². The summed E-state index contributed by atoms with van der Waals surface area (Å²) in [6.07, 6.45) is 0. The number of hydrogen-bond donors (Lipinski definition) is 0. The minimum atomic E-state index is -1.98. The fourth-order valence-electron chi connectivity index (χ4n) is 1.07. The van der Waals surface area contributed by atoms with E-state index in [-0.39, 0.29) is 0 Å². The van der Waals surface area contributed by atoms with Gasteiger partial charge < -0.3 is 0 Å². The van der Waals surface area contributed by atoms with Gasteiger partial charge in [0, 0.05) is 0 Å². The maximum atomic E-state index is 2.61. The van der Waals surface area contributed by atoms with E-state index in [2.05, 4.69) is 65.1 Å². The Bertz CT molecular complexity index is 188. The average Bonchev–Trinajstić information content (AvgIpc) is 1.48. The molecule has 0 fully saturated rings. The first-order valence-corrected chi connectivity index (χ1v) is 24.3. The van der Waals surface area contributed by atoms with E-state index in [0.717, 1.165) is 0 Å². The first-order valence-electron chi connectivity index (χ1n) is 4.77. The molecule has 0 saturated heterocycles. The van der Waals surface area contributed by atoms with Gasteiger partial charge in [0.05, 0.1) is 0 Å². The Hall–Kier alpha value is 1.47. The predicted octanol–water partition coefficient (Wildman–Crippen LogP) is 4.72. The van der Waals surface area contributed by atoms with Gasteiger partial charge in [0.2, 0.25) is 0 Å². The molecule has 0 amide bonds. The van der Waals surface area contributed by atoms with E-state index in [1.165, 1.54) is 0 Å². The third-order valence-corrected chi connectivity index (χ3v) is 80.3. The second kappa shape index (κ2) is 3.50. The molecule has 13 heavy (non-hydrogen) atoms. The molecular formula is C10H27As2S. The predicted molar refractivity (Wildman–Crippen MR) is 74.0 cm³/mol. The second-order valence-corrected chi connectivity index (χ2v) is 66.3. The Kier molecular flexibility index (Phi) is 3.89. The first-order chi connectivity index (χ1) is 5.24. The summed E-state index contributed by atoms with van der Waals surface area (Å²) >= 11 is -1.32. The molecule has 0 nitrogen and oxygen atoms in total. The molecule has 0 aliphatic heterocycles. The summed E-state index contributed by atoms with van der Waals surface area (Å²) in [6.45, 7) is 7.08. The van der Waals surface area contributed by atoms with Crippen molar-refractivity contribution >= 4 is 30.7 Å². The molecule has 0 bridgehead atoms. The molecule has 0 rings (SSSR count). The van der Waals surface area contributed by atoms with Crippen LogP contribution in [0.15, 0.2) is 0 Å². The van der Waals surface area contributed by atoms with E-state index in [4.69, 9.17) is 0 Å². The van der Waals surface area contributed by atoms with Crippen LogP contribution in [0.3, 0.4) is 0 Å². The molecule has 0 aromatic heterocycles. The summed E-state index contributed by atoms with van der Waals surface area (Å²) in [5, 5.41) is 0. The van der Waals surface area contributed by atoms with Crippen molar-refractivity contribution in [3.8, 4) is 0 Å². The van der Waals surface area contributed by atoms with Crippen molar-refractivity contribution in [3.05, 3.63) is 0 Å². The van der Waals surface area contributed by atoms with Crippen molar-refractivity contribution in [1.29, 1.82) is 0 Å². The van der Waals surface area contributed by atoms with Crippen LogP contribution in [0.4, 0.5) is 0 Å². The van der Waals surface area contributed by atoms with Gasteiger partial charge >= 0.3 is 90.5 Å². The Labute approximate surface area is 90.0 Å². The van der Waals surface area contributed by atoms with Crippen molar-refractivity contribution < 1.29 is 0 Å². The number of hydrogen-bond acceptors (Lipinski definition) is 1. The van der Waals surface area contributed by atoms with Crippen LogP contribution >= 0.6 is 10.0 Å². The van der Waals surface area contributed by atoms with Gasteiger partial charge in [-0.05, 0) is 0 Å². The molecule has 0 saturated carbocycles. The van der Waals surface area contributed by atoms with E-state index in [0.29, 0.717) is 4.75 Å². The van der Waals surface area contributed by atoms with Gasteiger partial charge in [0.15, 0.2) is 0 Å². The molecule has 3 heteroatoms. The first kappa shape index (κ1) is 14.5. The molecule has 0 heterocycles. The third kappa shape index (κ3) is 4.23. The summed E-state index contributed by atoms with van der Waals surface area (Å²) in [4.78, 5) is 0. The molecule has 0 N–H and O–H groups in total. The summed E-state index contributed by atoms with van der Waals surface area (Å²) in [5.41, 5.74) is 15.6. The molecule has 0 aliphatic carbocycles. The van der Waals surface area contributed by atoms with Crippen molar-refractivity contribution in [1.82, 2.24) is 0 Å². The molecule has 0 spiro atoms. The molecule has 0 aromatic rings. The van der Waals surface area contributed by atoms with Crippen LogP contribution in [0.2, 0.25) is 34.3 Å². The Morgan fingerprint density at radius 3 is 1.31 bits per heavy atom. The quantitative estimate of drug-likeness (QED) is 0.661. The van der Waals surface area contributed by atoms with Crippen molar-refractivity contribution in [3.63, 3.8) is 0 Å². The Morgan fingerprint density at radius 1 is 0.923 bits per heavy atom. The molecular weight excluding hydrogens is 302 g/mol. The van der Waals surface area contributed by atoms with Gasteiger partial charge in [-0.25, -0.2) is 0 Å². The van der Waals surface area contributed by atoms with E-state index in [1.807, 2.05) is 0 Å². The van der Waals surface area contributed by atoms with Gasteiger partial charge in [-0.2, -0.15) is 0 Å². The van der Waals surface area contributed by atoms with Gasteiger partial charge in [-0.3, -0.25) is 0 Å². The van der Waals surface area contributed by atoms with Crippen molar-refractivity contribution in [2.45, 2.75) is 59.8 Å². The maximum absolute atomic E-state index is 2.61. The fraction of sp³-hybridized carbons (Fsp3) is 1.00. The Morgan fingerprint density at radius 2 is 1.23 bits per heavy atom. The SMILES string of the molecule is CC(C)(C)S[As](C)(C)(C)[As](C)(C)C. The molecule has 0 aromatic carbocycles. The summed E-state index contributed by atoms with van der Waals surface area (Å²) in [6, 6.07) is 0. The van der Waals surface area contributed by atoms with Gasteiger partial charge in [0.25, 0.3) is 0 Å². The summed E-state index contributed by atoms with van der Waals surface area (Å²) in [7, 11) is 0.341. The average molecular weight is 329 g/mol. The van der Waals surface area contributed by atoms with E-state index in [9.17, 15) is 0 Å². The van der Waals surface area contributed by atoms with Gasteiger partial charge in [-0.15, -0.1) is 0 Å². The zero-order valence-electron chi connectivity index (χ0n) is 10.8. The van der Waals surface area contributed by atoms with Gasteiger partial charge in [0.1, 0.15) is 0 Å². The normalized spacial score (nSPS) is 18.1. The molecule has 0 aliphatic rings. The van der Waals surface area contributed by atoms with E-state index in [1.54, 1.807) is 0 Å². The van der Waals surface area contributed by atoms with E-state index >= 15 is 0 Å². The van der Waals surface area contributed by atoms with Crippen molar-refractivity contribution in [2.24, 2.45) is 0 Å². The van der Waals surface area contributed by atoms with Crippen LogP contribution in [0.25, 0.3) is 0 Å². The summed E-state index contributed by atoms with van der Waals surface area (Å²) in [5.74, 6) is 0. The zero-order valence-corrected chi connectivity index (χ0v) is 15.4. The molecule has 83 valence electrons. The monoisotopic (exact) mass is 329 g/mol. The van der Waals surface area contributed by atoms with Crippen LogP contribution in [-0.2, 0) is 0 Å². The third-order valence-electron chi connectivity index (χ3n) is 2.63. The Balaban J connectivity index is 4.93. The van der Waals surface area contributed by atoms with E-state index < -0.39 is 20.7 Å². The molecule has 0 atom stereocenters. The standard InChI is InChI=1S/C10H27As2S/c1-10(2,3)13-12(7,8,9)11(4,5)6/h1-9H3. The van der Waals surface area contributed by atoms with Gasteiger partial charge in [-0.1, -0.05) is 0 Å². The second-order valence-electron chi connectivity index (χ2n) is 6.72. The zero-order chi connectivity index (χ0) is 11.2. The van der Waals surface area contributed by atoms with Crippen LogP contribution in [0.1, 0.15) is 20.8 Å². The van der Waals surface area contributed by atoms with Crippen LogP contribution in [0.5, 0.6) is 0 Å². The fourth-order valence-corrected chi connectivity index (χ4v) is 32.6. The topological polar surface area (TPSA) is 0 Å². The summed E-state index contributed by atoms with van der Waals surface area (Å²) < 4.78 is 0.443. The number of rotatable bonds is 2. The molecule has 1 radical (unpaired) electrons. The van der Waals surface area contributed by atoms with Crippen LogP contribution in [0, 0.1) is 0 Å². The minimum absolute atomic E-state index is 0.443. The van der Waals surface area contributed by atoms with Crippen molar-refractivity contribution in [2.75, 3.05) is 0 Å². The van der Waals surface area contributed by atoms with Crippen LogP contribution < -0.4 is 0 Å². The molecule has 0 unspecified atom stereocenters.